The standard InChI is InChI=1S/C15H13BrClNO3/c1-20-11-5-9(6-12(8-11)21-2)15(19)18-14-7-10(17)3-4-13(14)16/h3-8H,1-2H3,(H,18,19). The van der Waals surface area contributed by atoms with Crippen LogP contribution in [0.1, 0.15) is 10.4 Å². The van der Waals surface area contributed by atoms with E-state index < -0.39 is 0 Å². The van der Waals surface area contributed by atoms with Gasteiger partial charge in [0.25, 0.3) is 5.91 Å². The highest BCUT2D eigenvalue weighted by molar-refractivity contribution is 9.10. The summed E-state index contributed by atoms with van der Waals surface area (Å²) >= 11 is 9.29. The maximum absolute atomic E-state index is 12.3. The molecule has 0 radical (unpaired) electrons. The van der Waals surface area contributed by atoms with E-state index in [9.17, 15) is 4.79 Å². The molecule has 1 amide bonds. The first-order valence-corrected chi connectivity index (χ1v) is 7.20. The van der Waals surface area contributed by atoms with Gasteiger partial charge in [-0.1, -0.05) is 11.6 Å². The second-order valence-corrected chi connectivity index (χ2v) is 5.47. The quantitative estimate of drug-likeness (QED) is 0.869. The van der Waals surface area contributed by atoms with Gasteiger partial charge in [-0.3, -0.25) is 4.79 Å². The topological polar surface area (TPSA) is 47.6 Å². The Morgan fingerprint density at radius 3 is 2.29 bits per heavy atom. The molecule has 0 aliphatic heterocycles. The minimum atomic E-state index is -0.282. The SMILES string of the molecule is COc1cc(OC)cc(C(=O)Nc2cc(Cl)ccc2Br)c1. The van der Waals surface area contributed by atoms with Crippen molar-refractivity contribution < 1.29 is 14.3 Å². The molecule has 0 aliphatic rings. The second-order valence-electron chi connectivity index (χ2n) is 4.18. The lowest BCUT2D eigenvalue weighted by atomic mass is 10.2. The van der Waals surface area contributed by atoms with E-state index in [4.69, 9.17) is 21.1 Å². The van der Waals surface area contributed by atoms with Crippen molar-refractivity contribution in [3.05, 3.63) is 51.5 Å². The monoisotopic (exact) mass is 369 g/mol. The number of methoxy groups -OCH3 is 2. The van der Waals surface area contributed by atoms with Gasteiger partial charge in [0.2, 0.25) is 0 Å². The van der Waals surface area contributed by atoms with E-state index in [1.807, 2.05) is 0 Å². The summed E-state index contributed by atoms with van der Waals surface area (Å²) in [6.07, 6.45) is 0. The van der Waals surface area contributed by atoms with Crippen LogP contribution in [0.2, 0.25) is 5.02 Å². The predicted molar refractivity (Wildman–Crippen MR) is 86.7 cm³/mol. The molecular formula is C15H13BrClNO3. The van der Waals surface area contributed by atoms with E-state index in [1.54, 1.807) is 36.4 Å². The highest BCUT2D eigenvalue weighted by atomic mass is 79.9. The molecule has 0 unspecified atom stereocenters. The zero-order valence-corrected chi connectivity index (χ0v) is 13.8. The molecule has 6 heteroatoms. The zero-order chi connectivity index (χ0) is 15.4. The summed E-state index contributed by atoms with van der Waals surface area (Å²) in [5.74, 6) is 0.810. The number of hydrogen-bond donors (Lipinski definition) is 1. The molecule has 4 nitrogen and oxygen atoms in total. The maximum atomic E-state index is 12.3. The number of rotatable bonds is 4. The third-order valence-electron chi connectivity index (χ3n) is 2.79. The molecule has 0 aliphatic carbocycles. The molecule has 0 heterocycles. The summed E-state index contributed by atoms with van der Waals surface area (Å²) in [6.45, 7) is 0. The smallest absolute Gasteiger partial charge is 0.255 e. The first-order valence-electron chi connectivity index (χ1n) is 6.03. The second kappa shape index (κ2) is 6.83. The lowest BCUT2D eigenvalue weighted by Gasteiger charge is -2.10. The van der Waals surface area contributed by atoms with E-state index >= 15 is 0 Å². The molecule has 0 saturated heterocycles. The molecule has 110 valence electrons. The molecule has 2 aromatic carbocycles. The molecule has 0 bridgehead atoms. The average Bonchev–Trinajstić information content (AvgIpc) is 2.50. The summed E-state index contributed by atoms with van der Waals surface area (Å²) in [4.78, 5) is 12.3. The van der Waals surface area contributed by atoms with Crippen LogP contribution in [-0.2, 0) is 0 Å². The van der Waals surface area contributed by atoms with Crippen molar-refractivity contribution in [1.82, 2.24) is 0 Å². The van der Waals surface area contributed by atoms with Gasteiger partial charge in [0.15, 0.2) is 0 Å². The highest BCUT2D eigenvalue weighted by Gasteiger charge is 2.12. The highest BCUT2D eigenvalue weighted by Crippen LogP contribution is 2.28. The van der Waals surface area contributed by atoms with Gasteiger partial charge in [-0.2, -0.15) is 0 Å². The number of nitrogens with one attached hydrogen (secondary N) is 1. The first kappa shape index (κ1) is 15.7. The Morgan fingerprint density at radius 2 is 1.71 bits per heavy atom. The number of ether oxygens (including phenoxy) is 2. The van der Waals surface area contributed by atoms with E-state index in [0.717, 1.165) is 4.47 Å². The van der Waals surface area contributed by atoms with Crippen LogP contribution in [0.4, 0.5) is 5.69 Å². The Hall–Kier alpha value is -1.72. The Kier molecular flexibility index (Phi) is 5.09. The van der Waals surface area contributed by atoms with Crippen LogP contribution < -0.4 is 14.8 Å². The van der Waals surface area contributed by atoms with Gasteiger partial charge >= 0.3 is 0 Å². The van der Waals surface area contributed by atoms with Gasteiger partial charge in [-0.05, 0) is 46.3 Å². The van der Waals surface area contributed by atoms with Crippen LogP contribution in [-0.4, -0.2) is 20.1 Å². The predicted octanol–water partition coefficient (Wildman–Crippen LogP) is 4.37. The minimum absolute atomic E-state index is 0.282. The molecule has 0 fully saturated rings. The number of hydrogen-bond acceptors (Lipinski definition) is 3. The summed E-state index contributed by atoms with van der Waals surface area (Å²) in [6, 6.07) is 10.1. The van der Waals surface area contributed by atoms with Gasteiger partial charge < -0.3 is 14.8 Å². The van der Waals surface area contributed by atoms with Crippen molar-refractivity contribution in [3.8, 4) is 11.5 Å². The molecule has 0 spiro atoms. The van der Waals surface area contributed by atoms with Crippen LogP contribution in [0.3, 0.4) is 0 Å². The fraction of sp³-hybridized carbons (Fsp3) is 0.133. The maximum Gasteiger partial charge on any atom is 0.255 e. The summed E-state index contributed by atoms with van der Waals surface area (Å²) in [5.41, 5.74) is 1.02. The molecule has 0 atom stereocenters. The molecule has 2 rings (SSSR count). The van der Waals surface area contributed by atoms with Gasteiger partial charge in [0.05, 0.1) is 19.9 Å². The number of benzene rings is 2. The molecule has 21 heavy (non-hydrogen) atoms. The van der Waals surface area contributed by atoms with E-state index in [0.29, 0.717) is 27.8 Å². The number of halogens is 2. The van der Waals surface area contributed by atoms with E-state index in [-0.39, 0.29) is 5.91 Å². The van der Waals surface area contributed by atoms with Gasteiger partial charge in [0.1, 0.15) is 11.5 Å². The van der Waals surface area contributed by atoms with Crippen molar-refractivity contribution >= 4 is 39.1 Å². The van der Waals surface area contributed by atoms with Gasteiger partial charge in [0, 0.05) is 21.1 Å². The van der Waals surface area contributed by atoms with Crippen LogP contribution >= 0.6 is 27.5 Å². The lowest BCUT2D eigenvalue weighted by molar-refractivity contribution is 0.102. The fourth-order valence-corrected chi connectivity index (χ4v) is 2.24. The average molecular weight is 371 g/mol. The number of carbonyl (C=O) groups is 1. The third kappa shape index (κ3) is 3.89. The minimum Gasteiger partial charge on any atom is -0.497 e. The molecular weight excluding hydrogens is 358 g/mol. The van der Waals surface area contributed by atoms with Crippen LogP contribution in [0.5, 0.6) is 11.5 Å². The molecule has 2 aromatic rings. The molecule has 0 aromatic heterocycles. The van der Waals surface area contributed by atoms with Crippen molar-refractivity contribution in [2.24, 2.45) is 0 Å². The fourth-order valence-electron chi connectivity index (χ4n) is 1.73. The Morgan fingerprint density at radius 1 is 1.10 bits per heavy atom. The molecule has 1 N–H and O–H groups in total. The molecule has 0 saturated carbocycles. The Labute approximate surface area is 136 Å². The lowest BCUT2D eigenvalue weighted by Crippen LogP contribution is -2.12. The van der Waals surface area contributed by atoms with Crippen molar-refractivity contribution in [3.63, 3.8) is 0 Å². The van der Waals surface area contributed by atoms with E-state index in [2.05, 4.69) is 21.2 Å². The zero-order valence-electron chi connectivity index (χ0n) is 11.4. The van der Waals surface area contributed by atoms with Crippen LogP contribution in [0.15, 0.2) is 40.9 Å². The van der Waals surface area contributed by atoms with Crippen LogP contribution in [0.25, 0.3) is 0 Å². The number of amides is 1. The Balaban J connectivity index is 2.29. The normalized spacial score (nSPS) is 10.1. The first-order chi connectivity index (χ1) is 10.0. The number of carbonyl (C=O) groups excluding carboxylic acids is 1. The Bertz CT molecular complexity index is 654. The van der Waals surface area contributed by atoms with Gasteiger partial charge in [-0.15, -0.1) is 0 Å². The van der Waals surface area contributed by atoms with Crippen molar-refractivity contribution in [2.45, 2.75) is 0 Å². The summed E-state index contributed by atoms with van der Waals surface area (Å²) in [7, 11) is 3.06. The van der Waals surface area contributed by atoms with E-state index in [1.165, 1.54) is 14.2 Å². The van der Waals surface area contributed by atoms with Crippen molar-refractivity contribution in [2.75, 3.05) is 19.5 Å². The third-order valence-corrected chi connectivity index (χ3v) is 3.72. The largest absolute Gasteiger partial charge is 0.497 e. The summed E-state index contributed by atoms with van der Waals surface area (Å²) < 4.78 is 11.0. The number of anilines is 1. The van der Waals surface area contributed by atoms with Crippen LogP contribution in [0, 0.1) is 0 Å². The summed E-state index contributed by atoms with van der Waals surface area (Å²) in [5, 5.41) is 3.33. The van der Waals surface area contributed by atoms with Crippen molar-refractivity contribution in [1.29, 1.82) is 0 Å². The van der Waals surface area contributed by atoms with Gasteiger partial charge in [-0.25, -0.2) is 0 Å².